The normalized spacial score (nSPS) is 11.9. The van der Waals surface area contributed by atoms with Crippen molar-refractivity contribution in [1.29, 1.82) is 0 Å². The SMILES string of the molecule is C=C(C)C(CCCC)NC(=O)CCC(C)=O. The third-order valence-corrected chi connectivity index (χ3v) is 2.48. The Morgan fingerprint density at radius 2 is 1.88 bits per heavy atom. The molecule has 0 heterocycles. The van der Waals surface area contributed by atoms with E-state index in [1.54, 1.807) is 0 Å². The van der Waals surface area contributed by atoms with Crippen LogP contribution in [0.1, 0.15) is 52.9 Å². The summed E-state index contributed by atoms with van der Waals surface area (Å²) in [4.78, 5) is 22.3. The first-order valence-corrected chi connectivity index (χ1v) is 5.91. The van der Waals surface area contributed by atoms with E-state index < -0.39 is 0 Å². The standard InChI is InChI=1S/C13H23NO2/c1-5-6-7-12(10(2)3)14-13(16)9-8-11(4)15/h12H,2,5-9H2,1,3-4H3,(H,14,16). The number of hydrogen-bond acceptors (Lipinski definition) is 2. The summed E-state index contributed by atoms with van der Waals surface area (Å²) in [6, 6.07) is 0.0550. The highest BCUT2D eigenvalue weighted by Crippen LogP contribution is 2.08. The van der Waals surface area contributed by atoms with Crippen molar-refractivity contribution in [3.05, 3.63) is 12.2 Å². The van der Waals surface area contributed by atoms with E-state index in [1.165, 1.54) is 6.92 Å². The van der Waals surface area contributed by atoms with Crippen LogP contribution in [-0.2, 0) is 9.59 Å². The van der Waals surface area contributed by atoms with Crippen molar-refractivity contribution in [3.63, 3.8) is 0 Å². The molecule has 1 atom stereocenters. The van der Waals surface area contributed by atoms with Crippen LogP contribution in [0.5, 0.6) is 0 Å². The molecule has 1 amide bonds. The lowest BCUT2D eigenvalue weighted by Gasteiger charge is -2.18. The second-order valence-corrected chi connectivity index (χ2v) is 4.31. The fourth-order valence-corrected chi connectivity index (χ4v) is 1.41. The van der Waals surface area contributed by atoms with Crippen LogP contribution in [0.2, 0.25) is 0 Å². The number of unbranched alkanes of at least 4 members (excludes halogenated alkanes) is 1. The molecule has 0 aliphatic heterocycles. The summed E-state index contributed by atoms with van der Waals surface area (Å²) in [5.41, 5.74) is 0.977. The number of hydrogen-bond donors (Lipinski definition) is 1. The second kappa shape index (κ2) is 8.08. The Morgan fingerprint density at radius 3 is 2.31 bits per heavy atom. The van der Waals surface area contributed by atoms with Crippen LogP contribution >= 0.6 is 0 Å². The number of carbonyl (C=O) groups is 2. The van der Waals surface area contributed by atoms with Crippen LogP contribution in [0.3, 0.4) is 0 Å². The van der Waals surface area contributed by atoms with Crippen molar-refractivity contribution in [3.8, 4) is 0 Å². The number of rotatable bonds is 8. The van der Waals surface area contributed by atoms with Gasteiger partial charge in [0.15, 0.2) is 0 Å². The summed E-state index contributed by atoms with van der Waals surface area (Å²) in [7, 11) is 0. The van der Waals surface area contributed by atoms with Crippen LogP contribution in [0.25, 0.3) is 0 Å². The molecule has 0 aliphatic rings. The zero-order valence-electron chi connectivity index (χ0n) is 10.6. The molecule has 1 N–H and O–H groups in total. The van der Waals surface area contributed by atoms with Crippen LogP contribution in [0, 0.1) is 0 Å². The molecule has 0 bridgehead atoms. The number of carbonyl (C=O) groups excluding carboxylic acids is 2. The minimum absolute atomic E-state index is 0.0515. The first-order chi connectivity index (χ1) is 7.47. The molecule has 1 unspecified atom stereocenters. The Kier molecular flexibility index (Phi) is 7.52. The minimum Gasteiger partial charge on any atom is -0.350 e. The highest BCUT2D eigenvalue weighted by molar-refractivity contribution is 5.83. The molecule has 0 aromatic rings. The Balaban J connectivity index is 4.02. The van der Waals surface area contributed by atoms with E-state index in [0.29, 0.717) is 6.42 Å². The molecule has 0 saturated heterocycles. The maximum absolute atomic E-state index is 11.5. The van der Waals surface area contributed by atoms with Gasteiger partial charge in [-0.05, 0) is 20.3 Å². The van der Waals surface area contributed by atoms with E-state index in [9.17, 15) is 9.59 Å². The molecule has 0 radical (unpaired) electrons. The van der Waals surface area contributed by atoms with Crippen molar-refractivity contribution >= 4 is 11.7 Å². The molecule has 92 valence electrons. The van der Waals surface area contributed by atoms with E-state index in [4.69, 9.17) is 0 Å². The molecule has 0 aliphatic carbocycles. The van der Waals surface area contributed by atoms with Gasteiger partial charge >= 0.3 is 0 Å². The summed E-state index contributed by atoms with van der Waals surface area (Å²) < 4.78 is 0. The number of ketones is 1. The molecule has 0 aromatic heterocycles. The summed E-state index contributed by atoms with van der Waals surface area (Å²) in [6.07, 6.45) is 3.71. The predicted octanol–water partition coefficient (Wildman–Crippen LogP) is 2.61. The quantitative estimate of drug-likeness (QED) is 0.645. The van der Waals surface area contributed by atoms with Gasteiger partial charge in [-0.3, -0.25) is 4.79 Å². The Morgan fingerprint density at radius 1 is 1.25 bits per heavy atom. The summed E-state index contributed by atoms with van der Waals surface area (Å²) in [5, 5.41) is 2.92. The van der Waals surface area contributed by atoms with Gasteiger partial charge in [0.1, 0.15) is 5.78 Å². The van der Waals surface area contributed by atoms with E-state index in [2.05, 4.69) is 18.8 Å². The third-order valence-electron chi connectivity index (χ3n) is 2.48. The van der Waals surface area contributed by atoms with Crippen molar-refractivity contribution in [2.45, 2.75) is 58.9 Å². The lowest BCUT2D eigenvalue weighted by molar-refractivity contribution is -0.125. The monoisotopic (exact) mass is 225 g/mol. The summed E-state index contributed by atoms with van der Waals surface area (Å²) in [5.74, 6) is -0.00473. The van der Waals surface area contributed by atoms with Crippen LogP contribution in [-0.4, -0.2) is 17.7 Å². The fraction of sp³-hybridized carbons (Fsp3) is 0.692. The zero-order chi connectivity index (χ0) is 12.6. The molecule has 0 spiro atoms. The van der Waals surface area contributed by atoms with Crippen molar-refractivity contribution < 1.29 is 9.59 Å². The van der Waals surface area contributed by atoms with Crippen molar-refractivity contribution in [2.75, 3.05) is 0 Å². The molecular weight excluding hydrogens is 202 g/mol. The van der Waals surface area contributed by atoms with Gasteiger partial charge in [-0.25, -0.2) is 0 Å². The average Bonchev–Trinajstić information content (AvgIpc) is 2.20. The molecule has 16 heavy (non-hydrogen) atoms. The first-order valence-electron chi connectivity index (χ1n) is 5.91. The third kappa shape index (κ3) is 7.21. The van der Waals surface area contributed by atoms with Gasteiger partial charge in [-0.15, -0.1) is 0 Å². The maximum atomic E-state index is 11.5. The van der Waals surface area contributed by atoms with E-state index >= 15 is 0 Å². The van der Waals surface area contributed by atoms with Crippen molar-refractivity contribution in [2.24, 2.45) is 0 Å². The fourth-order valence-electron chi connectivity index (χ4n) is 1.41. The summed E-state index contributed by atoms with van der Waals surface area (Å²) >= 11 is 0. The Hall–Kier alpha value is -1.12. The average molecular weight is 225 g/mol. The molecular formula is C13H23NO2. The lowest BCUT2D eigenvalue weighted by Crippen LogP contribution is -2.35. The van der Waals surface area contributed by atoms with Crippen LogP contribution in [0.4, 0.5) is 0 Å². The smallest absolute Gasteiger partial charge is 0.220 e. The number of Topliss-reactive ketones (excluding diaryl/α,β-unsaturated/α-hetero) is 1. The molecule has 3 heteroatoms. The van der Waals surface area contributed by atoms with Gasteiger partial charge in [0.2, 0.25) is 5.91 Å². The van der Waals surface area contributed by atoms with Gasteiger partial charge in [0, 0.05) is 18.9 Å². The zero-order valence-corrected chi connectivity index (χ0v) is 10.6. The van der Waals surface area contributed by atoms with Gasteiger partial charge in [-0.1, -0.05) is 31.9 Å². The van der Waals surface area contributed by atoms with Gasteiger partial charge in [0.05, 0.1) is 0 Å². The minimum atomic E-state index is -0.0562. The van der Waals surface area contributed by atoms with Gasteiger partial charge in [-0.2, -0.15) is 0 Å². The summed E-state index contributed by atoms with van der Waals surface area (Å²) in [6.45, 7) is 9.42. The highest BCUT2D eigenvalue weighted by atomic mass is 16.2. The number of nitrogens with one attached hydrogen (secondary N) is 1. The molecule has 0 rings (SSSR count). The molecule has 0 aromatic carbocycles. The van der Waals surface area contributed by atoms with Crippen molar-refractivity contribution in [1.82, 2.24) is 5.32 Å². The van der Waals surface area contributed by atoms with E-state index in [1.807, 2.05) is 6.92 Å². The molecule has 0 saturated carbocycles. The van der Waals surface area contributed by atoms with E-state index in [-0.39, 0.29) is 24.2 Å². The van der Waals surface area contributed by atoms with Crippen LogP contribution in [0.15, 0.2) is 12.2 Å². The predicted molar refractivity (Wildman–Crippen MR) is 66.2 cm³/mol. The first kappa shape index (κ1) is 14.9. The number of amides is 1. The Labute approximate surface area is 98.3 Å². The Bertz CT molecular complexity index is 259. The maximum Gasteiger partial charge on any atom is 0.220 e. The van der Waals surface area contributed by atoms with Crippen LogP contribution < -0.4 is 5.32 Å². The van der Waals surface area contributed by atoms with E-state index in [0.717, 1.165) is 24.8 Å². The molecule has 0 fully saturated rings. The van der Waals surface area contributed by atoms with Gasteiger partial charge < -0.3 is 10.1 Å². The lowest BCUT2D eigenvalue weighted by atomic mass is 10.0. The highest BCUT2D eigenvalue weighted by Gasteiger charge is 2.12. The van der Waals surface area contributed by atoms with Gasteiger partial charge in [0.25, 0.3) is 0 Å². The largest absolute Gasteiger partial charge is 0.350 e. The molecule has 3 nitrogen and oxygen atoms in total. The second-order valence-electron chi connectivity index (χ2n) is 4.31. The topological polar surface area (TPSA) is 46.2 Å².